The van der Waals surface area contributed by atoms with E-state index in [9.17, 15) is 0 Å². The molecule has 1 rings (SSSR count). The van der Waals surface area contributed by atoms with Crippen molar-refractivity contribution in [3.63, 3.8) is 0 Å². The predicted octanol–water partition coefficient (Wildman–Crippen LogP) is 1.71. The van der Waals surface area contributed by atoms with Crippen LogP contribution in [0.3, 0.4) is 0 Å². The molecular weight excluding hydrogens is 156 g/mol. The fourth-order valence-electron chi connectivity index (χ4n) is 1.02. The Balaban J connectivity index is 3.28. The normalized spacial score (nSPS) is 11.2. The summed E-state index contributed by atoms with van der Waals surface area (Å²) in [7, 11) is 0. The number of nitriles is 1. The standard InChI is InChI=1S/C8H8N2O2/c1-5-8(6(2)12-10-5)7(3-9)4-11/h4,11H,1-2H3. The quantitative estimate of drug-likeness (QED) is 0.506. The monoisotopic (exact) mass is 164 g/mol. The van der Waals surface area contributed by atoms with Gasteiger partial charge < -0.3 is 9.63 Å². The van der Waals surface area contributed by atoms with E-state index in [0.717, 1.165) is 6.26 Å². The molecular formula is C8H8N2O2. The third-order valence-corrected chi connectivity index (χ3v) is 1.55. The van der Waals surface area contributed by atoms with Crippen molar-refractivity contribution in [3.8, 4) is 6.07 Å². The lowest BCUT2D eigenvalue weighted by Crippen LogP contribution is -1.85. The van der Waals surface area contributed by atoms with Crippen molar-refractivity contribution in [2.45, 2.75) is 13.8 Å². The van der Waals surface area contributed by atoms with Gasteiger partial charge in [0.1, 0.15) is 11.8 Å². The zero-order valence-electron chi connectivity index (χ0n) is 6.83. The maximum absolute atomic E-state index is 8.69. The van der Waals surface area contributed by atoms with Gasteiger partial charge in [0.05, 0.1) is 23.1 Å². The highest BCUT2D eigenvalue weighted by atomic mass is 16.5. The summed E-state index contributed by atoms with van der Waals surface area (Å²) in [6.07, 6.45) is 0.756. The maximum Gasteiger partial charge on any atom is 0.142 e. The van der Waals surface area contributed by atoms with Gasteiger partial charge in [-0.3, -0.25) is 0 Å². The van der Waals surface area contributed by atoms with E-state index in [2.05, 4.69) is 5.16 Å². The van der Waals surface area contributed by atoms with E-state index in [1.165, 1.54) is 0 Å². The minimum absolute atomic E-state index is 0.172. The number of aromatic nitrogens is 1. The molecule has 1 N–H and O–H groups in total. The van der Waals surface area contributed by atoms with Crippen molar-refractivity contribution in [2.24, 2.45) is 0 Å². The highest BCUT2D eigenvalue weighted by molar-refractivity contribution is 5.77. The number of aliphatic hydroxyl groups excluding tert-OH is 1. The average Bonchev–Trinajstić information content (AvgIpc) is 2.38. The molecule has 0 unspecified atom stereocenters. The first-order chi connectivity index (χ1) is 5.70. The second-order valence-electron chi connectivity index (χ2n) is 2.35. The number of hydrogen-bond donors (Lipinski definition) is 1. The molecule has 0 fully saturated rings. The van der Waals surface area contributed by atoms with Gasteiger partial charge in [0.25, 0.3) is 0 Å². The lowest BCUT2D eigenvalue weighted by Gasteiger charge is -1.92. The molecule has 1 heterocycles. The summed E-state index contributed by atoms with van der Waals surface area (Å²) < 4.78 is 4.83. The van der Waals surface area contributed by atoms with Crippen LogP contribution in [0, 0.1) is 25.2 Å². The average molecular weight is 164 g/mol. The van der Waals surface area contributed by atoms with Crippen molar-refractivity contribution >= 4 is 5.57 Å². The third kappa shape index (κ3) is 1.17. The van der Waals surface area contributed by atoms with Crippen LogP contribution in [0.15, 0.2) is 10.8 Å². The third-order valence-electron chi connectivity index (χ3n) is 1.55. The van der Waals surface area contributed by atoms with Crippen LogP contribution in [0.4, 0.5) is 0 Å². The lowest BCUT2D eigenvalue weighted by atomic mass is 10.1. The second kappa shape index (κ2) is 3.09. The maximum atomic E-state index is 8.69. The van der Waals surface area contributed by atoms with Crippen molar-refractivity contribution < 1.29 is 9.63 Å². The Morgan fingerprint density at radius 2 is 2.33 bits per heavy atom. The topological polar surface area (TPSA) is 70.0 Å². The number of hydrogen-bond acceptors (Lipinski definition) is 4. The van der Waals surface area contributed by atoms with Crippen LogP contribution in [0.2, 0.25) is 0 Å². The van der Waals surface area contributed by atoms with Gasteiger partial charge >= 0.3 is 0 Å². The number of allylic oxidation sites excluding steroid dienone is 1. The molecule has 1 aromatic rings. The molecule has 12 heavy (non-hydrogen) atoms. The van der Waals surface area contributed by atoms with Gasteiger partial charge in [0.15, 0.2) is 0 Å². The smallest absolute Gasteiger partial charge is 0.142 e. The number of nitrogens with zero attached hydrogens (tertiary/aromatic N) is 2. The Kier molecular flexibility index (Phi) is 2.15. The molecule has 0 radical (unpaired) electrons. The van der Waals surface area contributed by atoms with E-state index in [1.54, 1.807) is 13.8 Å². The molecule has 4 nitrogen and oxygen atoms in total. The SMILES string of the molecule is Cc1noc(C)c1C(C#N)=CO. The molecule has 1 aromatic heterocycles. The van der Waals surface area contributed by atoms with Crippen LogP contribution >= 0.6 is 0 Å². The highest BCUT2D eigenvalue weighted by Gasteiger charge is 2.13. The van der Waals surface area contributed by atoms with Gasteiger partial charge in [-0.05, 0) is 13.8 Å². The van der Waals surface area contributed by atoms with Crippen LogP contribution in [-0.2, 0) is 0 Å². The zero-order valence-corrected chi connectivity index (χ0v) is 6.83. The van der Waals surface area contributed by atoms with E-state index < -0.39 is 0 Å². The van der Waals surface area contributed by atoms with Gasteiger partial charge in [-0.1, -0.05) is 5.16 Å². The molecule has 0 aliphatic rings. The molecule has 0 spiro atoms. The molecule has 0 aliphatic carbocycles. The number of rotatable bonds is 1. The van der Waals surface area contributed by atoms with Crippen molar-refractivity contribution in [1.82, 2.24) is 5.16 Å². The Bertz CT molecular complexity index is 338. The van der Waals surface area contributed by atoms with E-state index in [-0.39, 0.29) is 5.57 Å². The Labute approximate surface area is 69.7 Å². The molecule has 0 saturated carbocycles. The minimum atomic E-state index is 0.172. The van der Waals surface area contributed by atoms with Gasteiger partial charge in [0, 0.05) is 0 Å². The fourth-order valence-corrected chi connectivity index (χ4v) is 1.02. The molecule has 0 bridgehead atoms. The molecule has 0 atom stereocenters. The summed E-state index contributed by atoms with van der Waals surface area (Å²) in [6, 6.07) is 1.85. The number of aryl methyl sites for hydroxylation is 2. The van der Waals surface area contributed by atoms with Gasteiger partial charge in [-0.15, -0.1) is 0 Å². The lowest BCUT2D eigenvalue weighted by molar-refractivity contribution is 0.393. The van der Waals surface area contributed by atoms with E-state index in [1.807, 2.05) is 6.07 Å². The minimum Gasteiger partial charge on any atom is -0.514 e. The van der Waals surface area contributed by atoms with Crippen molar-refractivity contribution in [2.75, 3.05) is 0 Å². The zero-order chi connectivity index (χ0) is 9.14. The Hall–Kier alpha value is -1.76. The summed E-state index contributed by atoms with van der Waals surface area (Å²) in [4.78, 5) is 0. The second-order valence-corrected chi connectivity index (χ2v) is 2.35. The van der Waals surface area contributed by atoms with E-state index in [0.29, 0.717) is 17.0 Å². The van der Waals surface area contributed by atoms with Crippen LogP contribution in [0.25, 0.3) is 5.57 Å². The van der Waals surface area contributed by atoms with Crippen LogP contribution < -0.4 is 0 Å². The van der Waals surface area contributed by atoms with Crippen LogP contribution in [0.5, 0.6) is 0 Å². The summed E-state index contributed by atoms with van der Waals surface area (Å²) in [6.45, 7) is 3.41. The Morgan fingerprint density at radius 3 is 2.67 bits per heavy atom. The fraction of sp³-hybridized carbons (Fsp3) is 0.250. The largest absolute Gasteiger partial charge is 0.514 e. The van der Waals surface area contributed by atoms with E-state index in [4.69, 9.17) is 14.9 Å². The van der Waals surface area contributed by atoms with Gasteiger partial charge in [-0.2, -0.15) is 5.26 Å². The predicted molar refractivity (Wildman–Crippen MR) is 42.2 cm³/mol. The summed E-state index contributed by atoms with van der Waals surface area (Å²) in [5, 5.41) is 20.9. The molecule has 0 amide bonds. The molecule has 0 aromatic carbocycles. The Morgan fingerprint density at radius 1 is 1.67 bits per heavy atom. The van der Waals surface area contributed by atoms with Crippen LogP contribution in [0.1, 0.15) is 17.0 Å². The number of aliphatic hydroxyl groups is 1. The summed E-state index contributed by atoms with van der Waals surface area (Å²) >= 11 is 0. The van der Waals surface area contributed by atoms with Gasteiger partial charge in [-0.25, -0.2) is 0 Å². The van der Waals surface area contributed by atoms with Crippen LogP contribution in [-0.4, -0.2) is 10.3 Å². The van der Waals surface area contributed by atoms with Crippen molar-refractivity contribution in [1.29, 1.82) is 5.26 Å². The summed E-state index contributed by atoms with van der Waals surface area (Å²) in [5.41, 5.74) is 1.35. The van der Waals surface area contributed by atoms with E-state index >= 15 is 0 Å². The first kappa shape index (κ1) is 8.34. The summed E-state index contributed by atoms with van der Waals surface area (Å²) in [5.74, 6) is 0.536. The highest BCUT2D eigenvalue weighted by Crippen LogP contribution is 2.20. The van der Waals surface area contributed by atoms with Gasteiger partial charge in [0.2, 0.25) is 0 Å². The molecule has 0 saturated heterocycles. The molecule has 62 valence electrons. The molecule has 4 heteroatoms. The first-order valence-corrected chi connectivity index (χ1v) is 3.38. The molecule has 0 aliphatic heterocycles. The van der Waals surface area contributed by atoms with Crippen molar-refractivity contribution in [3.05, 3.63) is 23.3 Å². The first-order valence-electron chi connectivity index (χ1n) is 3.38.